The lowest BCUT2D eigenvalue weighted by atomic mass is 10.2. The fourth-order valence-electron chi connectivity index (χ4n) is 1.39. The van der Waals surface area contributed by atoms with Gasteiger partial charge in [-0.15, -0.1) is 0 Å². The minimum absolute atomic E-state index is 0.249. The molecular weight excluding hydrogens is 256 g/mol. The summed E-state index contributed by atoms with van der Waals surface area (Å²) < 4.78 is 0.994. The summed E-state index contributed by atoms with van der Waals surface area (Å²) in [5.74, 6) is 0.920. The maximum atomic E-state index is 8.72. The first-order valence-corrected chi connectivity index (χ1v) is 5.92. The van der Waals surface area contributed by atoms with E-state index in [1.54, 1.807) is 6.20 Å². The van der Waals surface area contributed by atoms with Gasteiger partial charge in [-0.2, -0.15) is 0 Å². The number of anilines is 1. The molecule has 0 aromatic carbocycles. The Kier molecular flexibility index (Phi) is 5.05. The van der Waals surface area contributed by atoms with Crippen LogP contribution in [0, 0.1) is 6.92 Å². The van der Waals surface area contributed by atoms with Crippen LogP contribution >= 0.6 is 15.9 Å². The van der Waals surface area contributed by atoms with Crippen molar-refractivity contribution in [3.8, 4) is 0 Å². The Morgan fingerprint density at radius 1 is 1.60 bits per heavy atom. The third-order valence-electron chi connectivity index (χ3n) is 2.22. The Labute approximate surface area is 99.1 Å². The van der Waals surface area contributed by atoms with Gasteiger partial charge in [0.05, 0.1) is 0 Å². The molecule has 3 nitrogen and oxygen atoms in total. The first-order chi connectivity index (χ1) is 7.13. The second-order valence-electron chi connectivity index (χ2n) is 3.73. The van der Waals surface area contributed by atoms with Gasteiger partial charge in [-0.1, -0.05) is 0 Å². The van der Waals surface area contributed by atoms with Crippen molar-refractivity contribution < 1.29 is 5.11 Å². The average molecular weight is 273 g/mol. The summed E-state index contributed by atoms with van der Waals surface area (Å²) in [6, 6.07) is 2.37. The fourth-order valence-corrected chi connectivity index (χ4v) is 1.84. The van der Waals surface area contributed by atoms with Crippen molar-refractivity contribution in [1.82, 2.24) is 4.98 Å². The van der Waals surface area contributed by atoms with Gasteiger partial charge < -0.3 is 10.4 Å². The van der Waals surface area contributed by atoms with Crippen LogP contribution in [0.2, 0.25) is 0 Å². The van der Waals surface area contributed by atoms with Crippen LogP contribution in [0.4, 0.5) is 5.82 Å². The Bertz CT molecular complexity index is 317. The molecule has 15 heavy (non-hydrogen) atoms. The van der Waals surface area contributed by atoms with E-state index in [9.17, 15) is 0 Å². The van der Waals surface area contributed by atoms with Gasteiger partial charge in [-0.05, 0) is 54.2 Å². The number of halogens is 1. The molecule has 2 N–H and O–H groups in total. The third kappa shape index (κ3) is 4.18. The molecule has 0 aliphatic rings. The lowest BCUT2D eigenvalue weighted by Crippen LogP contribution is -2.17. The fraction of sp³-hybridized carbons (Fsp3) is 0.545. The lowest BCUT2D eigenvalue weighted by Gasteiger charge is -2.15. The molecule has 0 bridgehead atoms. The van der Waals surface area contributed by atoms with Crippen LogP contribution in [0.5, 0.6) is 0 Å². The summed E-state index contributed by atoms with van der Waals surface area (Å²) in [6.45, 7) is 4.37. The highest BCUT2D eigenvalue weighted by Crippen LogP contribution is 2.18. The molecule has 0 amide bonds. The van der Waals surface area contributed by atoms with Crippen molar-refractivity contribution in [3.05, 3.63) is 22.3 Å². The second kappa shape index (κ2) is 6.08. The van der Waals surface area contributed by atoms with Crippen molar-refractivity contribution in [2.75, 3.05) is 11.9 Å². The second-order valence-corrected chi connectivity index (χ2v) is 4.65. The van der Waals surface area contributed by atoms with E-state index in [1.807, 2.05) is 13.0 Å². The van der Waals surface area contributed by atoms with Crippen molar-refractivity contribution in [3.63, 3.8) is 0 Å². The highest BCUT2D eigenvalue weighted by atomic mass is 79.9. The summed E-state index contributed by atoms with van der Waals surface area (Å²) in [6.07, 6.45) is 3.56. The van der Waals surface area contributed by atoms with E-state index in [-0.39, 0.29) is 6.61 Å². The van der Waals surface area contributed by atoms with Crippen molar-refractivity contribution in [2.45, 2.75) is 32.7 Å². The molecule has 0 spiro atoms. The highest BCUT2D eigenvalue weighted by Gasteiger charge is 2.05. The van der Waals surface area contributed by atoms with Gasteiger partial charge in [0.15, 0.2) is 0 Å². The van der Waals surface area contributed by atoms with E-state index in [0.717, 1.165) is 28.7 Å². The van der Waals surface area contributed by atoms with Gasteiger partial charge in [-0.25, -0.2) is 4.98 Å². The molecule has 1 rings (SSSR count). The number of nitrogens with one attached hydrogen (secondary N) is 1. The monoisotopic (exact) mass is 272 g/mol. The van der Waals surface area contributed by atoms with Crippen molar-refractivity contribution >= 4 is 21.7 Å². The van der Waals surface area contributed by atoms with Crippen molar-refractivity contribution in [2.24, 2.45) is 0 Å². The molecule has 1 aromatic heterocycles. The van der Waals surface area contributed by atoms with Crippen LogP contribution in [-0.4, -0.2) is 22.7 Å². The van der Waals surface area contributed by atoms with Gasteiger partial charge in [0.2, 0.25) is 0 Å². The summed E-state index contributed by atoms with van der Waals surface area (Å²) in [7, 11) is 0. The maximum Gasteiger partial charge on any atom is 0.129 e. The van der Waals surface area contributed by atoms with E-state index >= 15 is 0 Å². The Hall–Kier alpha value is -0.610. The molecule has 4 heteroatoms. The zero-order valence-corrected chi connectivity index (χ0v) is 10.7. The molecule has 1 unspecified atom stereocenters. The number of nitrogens with zero attached hydrogens (tertiary/aromatic N) is 1. The summed E-state index contributed by atoms with van der Waals surface area (Å²) in [5, 5.41) is 12.1. The minimum Gasteiger partial charge on any atom is -0.396 e. The lowest BCUT2D eigenvalue weighted by molar-refractivity contribution is 0.282. The number of aliphatic hydroxyl groups is 1. The predicted molar refractivity (Wildman–Crippen MR) is 66.1 cm³/mol. The quantitative estimate of drug-likeness (QED) is 0.867. The predicted octanol–water partition coefficient (Wildman–Crippen LogP) is 2.73. The summed E-state index contributed by atoms with van der Waals surface area (Å²) in [5.41, 5.74) is 1.13. The third-order valence-corrected chi connectivity index (χ3v) is 2.66. The zero-order valence-electron chi connectivity index (χ0n) is 9.13. The molecule has 1 aromatic rings. The molecule has 1 heterocycles. The maximum absolute atomic E-state index is 8.72. The first kappa shape index (κ1) is 12.5. The molecule has 1 atom stereocenters. The molecule has 84 valence electrons. The number of aryl methyl sites for hydroxylation is 1. The first-order valence-electron chi connectivity index (χ1n) is 5.13. The number of pyridine rings is 1. The zero-order chi connectivity index (χ0) is 11.3. The average Bonchev–Trinajstić information content (AvgIpc) is 2.19. The molecule has 0 fully saturated rings. The van der Waals surface area contributed by atoms with E-state index in [2.05, 4.69) is 33.2 Å². The molecule has 0 aliphatic carbocycles. The molecular formula is C11H17BrN2O. The summed E-state index contributed by atoms with van der Waals surface area (Å²) in [4.78, 5) is 4.31. The highest BCUT2D eigenvalue weighted by molar-refractivity contribution is 9.10. The normalized spacial score (nSPS) is 12.5. The molecule has 0 saturated carbocycles. The standard InChI is InChI=1S/C11H17BrN2O/c1-8-6-10(12)7-13-11(8)14-9(2)4-3-5-15/h6-7,9,15H,3-5H2,1-2H3,(H,13,14). The van der Waals surface area contributed by atoms with Gasteiger partial charge in [0.25, 0.3) is 0 Å². The number of hydrogen-bond donors (Lipinski definition) is 2. The van der Waals surface area contributed by atoms with E-state index in [1.165, 1.54) is 0 Å². The van der Waals surface area contributed by atoms with Crippen LogP contribution in [0.25, 0.3) is 0 Å². The van der Waals surface area contributed by atoms with E-state index in [4.69, 9.17) is 5.11 Å². The number of rotatable bonds is 5. The SMILES string of the molecule is Cc1cc(Br)cnc1NC(C)CCCO. The Balaban J connectivity index is 2.56. The molecule has 0 radical (unpaired) electrons. The minimum atomic E-state index is 0.249. The van der Waals surface area contributed by atoms with Crippen LogP contribution in [0.15, 0.2) is 16.7 Å². The number of aliphatic hydroxyl groups excluding tert-OH is 1. The van der Waals surface area contributed by atoms with Gasteiger partial charge in [0, 0.05) is 23.3 Å². The van der Waals surface area contributed by atoms with Crippen LogP contribution < -0.4 is 5.32 Å². The van der Waals surface area contributed by atoms with Crippen LogP contribution in [-0.2, 0) is 0 Å². The van der Waals surface area contributed by atoms with Crippen molar-refractivity contribution in [1.29, 1.82) is 0 Å². The van der Waals surface area contributed by atoms with E-state index < -0.39 is 0 Å². The van der Waals surface area contributed by atoms with Crippen LogP contribution in [0.3, 0.4) is 0 Å². The Morgan fingerprint density at radius 3 is 2.93 bits per heavy atom. The van der Waals surface area contributed by atoms with E-state index in [0.29, 0.717) is 6.04 Å². The summed E-state index contributed by atoms with van der Waals surface area (Å²) >= 11 is 3.38. The molecule has 0 aliphatic heterocycles. The van der Waals surface area contributed by atoms with Gasteiger partial charge in [0.1, 0.15) is 5.82 Å². The largest absolute Gasteiger partial charge is 0.396 e. The topological polar surface area (TPSA) is 45.2 Å². The van der Waals surface area contributed by atoms with Gasteiger partial charge >= 0.3 is 0 Å². The smallest absolute Gasteiger partial charge is 0.129 e. The number of hydrogen-bond acceptors (Lipinski definition) is 3. The number of aromatic nitrogens is 1. The molecule has 0 saturated heterocycles. The van der Waals surface area contributed by atoms with Gasteiger partial charge in [-0.3, -0.25) is 0 Å². The van der Waals surface area contributed by atoms with Crippen LogP contribution in [0.1, 0.15) is 25.3 Å². The Morgan fingerprint density at radius 2 is 2.33 bits per heavy atom.